The van der Waals surface area contributed by atoms with Crippen molar-refractivity contribution in [3.63, 3.8) is 0 Å². The van der Waals surface area contributed by atoms with E-state index < -0.39 is 30.2 Å². The largest absolute Gasteiger partial charge is 0.573 e. The van der Waals surface area contributed by atoms with Crippen molar-refractivity contribution in [2.75, 3.05) is 18.9 Å². The smallest absolute Gasteiger partial charge is 0.453 e. The van der Waals surface area contributed by atoms with Gasteiger partial charge < -0.3 is 24.5 Å². The molecule has 2 aromatic carbocycles. The predicted octanol–water partition coefficient (Wildman–Crippen LogP) is 4.92. The molecule has 0 saturated heterocycles. The average molecular weight is 611 g/mol. The fourth-order valence-corrected chi connectivity index (χ4v) is 3.79. The second-order valence-corrected chi connectivity index (χ2v) is 9.40. The molecule has 0 spiro atoms. The van der Waals surface area contributed by atoms with E-state index in [1.54, 1.807) is 39.1 Å². The molecule has 0 aliphatic carbocycles. The van der Waals surface area contributed by atoms with Gasteiger partial charge >= 0.3 is 12.3 Å². The Kier molecular flexibility index (Phi) is 8.20. The molecule has 0 saturated carbocycles. The Balaban J connectivity index is 1.50. The topological polar surface area (TPSA) is 133 Å². The van der Waals surface area contributed by atoms with Crippen LogP contribution in [0.4, 0.5) is 18.9 Å². The SMILES string of the molecule is CNCC(OC(=O)C(C)C)n1nnc(-c2cc3ccc(C(=O)Nc4ccc(OC(F)(F)F)c(Br)c4)cc3o2)n1. The van der Waals surface area contributed by atoms with Crippen LogP contribution in [0.1, 0.15) is 30.4 Å². The number of carbonyl (C=O) groups excluding carboxylic acids is 2. The van der Waals surface area contributed by atoms with Crippen molar-refractivity contribution in [3.8, 4) is 17.3 Å². The van der Waals surface area contributed by atoms with Crippen LogP contribution in [0.5, 0.6) is 5.75 Å². The van der Waals surface area contributed by atoms with Crippen molar-refractivity contribution >= 4 is 44.5 Å². The summed E-state index contributed by atoms with van der Waals surface area (Å²) in [7, 11) is 1.69. The van der Waals surface area contributed by atoms with Crippen LogP contribution >= 0.6 is 15.9 Å². The van der Waals surface area contributed by atoms with Gasteiger partial charge in [-0.3, -0.25) is 9.59 Å². The maximum Gasteiger partial charge on any atom is 0.573 e. The third-order valence-corrected chi connectivity index (χ3v) is 5.83. The molecule has 11 nitrogen and oxygen atoms in total. The summed E-state index contributed by atoms with van der Waals surface area (Å²) in [6.07, 6.45) is -5.66. The third kappa shape index (κ3) is 6.92. The maximum absolute atomic E-state index is 12.8. The summed E-state index contributed by atoms with van der Waals surface area (Å²) in [6, 6.07) is 10.0. The van der Waals surface area contributed by atoms with E-state index in [0.29, 0.717) is 11.0 Å². The van der Waals surface area contributed by atoms with Crippen LogP contribution < -0.4 is 15.4 Å². The maximum atomic E-state index is 12.8. The Morgan fingerprint density at radius 1 is 1.15 bits per heavy atom. The number of hydrogen-bond acceptors (Lipinski definition) is 9. The van der Waals surface area contributed by atoms with Crippen molar-refractivity contribution in [2.45, 2.75) is 26.4 Å². The van der Waals surface area contributed by atoms with Crippen molar-refractivity contribution in [3.05, 3.63) is 52.5 Å². The number of likely N-dealkylation sites (N-methyl/N-ethyl adjacent to an activating group) is 1. The summed E-state index contributed by atoms with van der Waals surface area (Å²) < 4.78 is 52.6. The van der Waals surface area contributed by atoms with Crippen LogP contribution in [0, 0.1) is 5.92 Å². The summed E-state index contributed by atoms with van der Waals surface area (Å²) in [6.45, 7) is 3.68. The molecule has 0 aliphatic heterocycles. The highest BCUT2D eigenvalue weighted by atomic mass is 79.9. The van der Waals surface area contributed by atoms with Crippen LogP contribution in [-0.2, 0) is 9.53 Å². The number of aromatic nitrogens is 4. The predicted molar refractivity (Wildman–Crippen MR) is 136 cm³/mol. The molecule has 1 amide bonds. The molecule has 0 fully saturated rings. The number of furan rings is 1. The van der Waals surface area contributed by atoms with Gasteiger partial charge in [-0.25, -0.2) is 0 Å². The lowest BCUT2D eigenvalue weighted by Gasteiger charge is -2.17. The molecule has 1 atom stereocenters. The van der Waals surface area contributed by atoms with Crippen LogP contribution in [0.2, 0.25) is 0 Å². The highest BCUT2D eigenvalue weighted by Gasteiger charge is 2.32. The number of tetrazole rings is 1. The lowest BCUT2D eigenvalue weighted by Crippen LogP contribution is -2.30. The molecule has 4 rings (SSSR count). The summed E-state index contributed by atoms with van der Waals surface area (Å²) in [5, 5.41) is 18.4. The molecule has 2 heterocycles. The zero-order valence-corrected chi connectivity index (χ0v) is 22.3. The number of halogens is 4. The minimum absolute atomic E-state index is 0.0141. The van der Waals surface area contributed by atoms with Gasteiger partial charge in [0.1, 0.15) is 11.3 Å². The third-order valence-electron chi connectivity index (χ3n) is 5.21. The lowest BCUT2D eigenvalue weighted by atomic mass is 10.1. The Bertz CT molecular complexity index is 1500. The zero-order valence-electron chi connectivity index (χ0n) is 20.7. The van der Waals surface area contributed by atoms with Crippen molar-refractivity contribution in [1.29, 1.82) is 0 Å². The van der Waals surface area contributed by atoms with Crippen LogP contribution in [0.15, 0.2) is 51.4 Å². The number of benzene rings is 2. The quantitative estimate of drug-likeness (QED) is 0.253. The minimum atomic E-state index is -4.84. The number of rotatable bonds is 9. The minimum Gasteiger partial charge on any atom is -0.453 e. The molecule has 206 valence electrons. The summed E-state index contributed by atoms with van der Waals surface area (Å²) in [5.41, 5.74) is 0.847. The van der Waals surface area contributed by atoms with E-state index in [4.69, 9.17) is 9.15 Å². The Labute approximate surface area is 227 Å². The highest BCUT2D eigenvalue weighted by molar-refractivity contribution is 9.10. The molecular weight excluding hydrogens is 589 g/mol. The molecular formula is C24H22BrF3N6O5. The van der Waals surface area contributed by atoms with Gasteiger partial charge in [0.25, 0.3) is 5.91 Å². The first-order chi connectivity index (χ1) is 18.4. The van der Waals surface area contributed by atoms with Crippen LogP contribution in [-0.4, -0.2) is 52.0 Å². The summed E-state index contributed by atoms with van der Waals surface area (Å²) in [4.78, 5) is 26.0. The number of alkyl halides is 3. The molecule has 0 radical (unpaired) electrons. The molecule has 39 heavy (non-hydrogen) atoms. The summed E-state index contributed by atoms with van der Waals surface area (Å²) >= 11 is 3.00. The van der Waals surface area contributed by atoms with E-state index in [9.17, 15) is 22.8 Å². The first kappa shape index (κ1) is 28.0. The number of amides is 1. The Morgan fingerprint density at radius 3 is 2.59 bits per heavy atom. The number of hydrogen-bond donors (Lipinski definition) is 2. The molecule has 15 heteroatoms. The highest BCUT2D eigenvalue weighted by Crippen LogP contribution is 2.33. The van der Waals surface area contributed by atoms with Crippen molar-refractivity contribution < 1.29 is 36.7 Å². The second kappa shape index (κ2) is 11.4. The first-order valence-electron chi connectivity index (χ1n) is 11.5. The number of esters is 1. The normalized spacial score (nSPS) is 12.5. The van der Waals surface area contributed by atoms with E-state index in [2.05, 4.69) is 46.7 Å². The van der Waals surface area contributed by atoms with Gasteiger partial charge in [-0.2, -0.15) is 0 Å². The number of carbonyl (C=O) groups is 2. The fourth-order valence-electron chi connectivity index (χ4n) is 3.33. The van der Waals surface area contributed by atoms with Crippen molar-refractivity contribution in [1.82, 2.24) is 25.5 Å². The summed E-state index contributed by atoms with van der Waals surface area (Å²) in [5.74, 6) is -1.29. The molecule has 2 N–H and O–H groups in total. The van der Waals surface area contributed by atoms with Crippen molar-refractivity contribution in [2.24, 2.45) is 5.92 Å². The van der Waals surface area contributed by atoms with Gasteiger partial charge in [0.2, 0.25) is 12.1 Å². The molecule has 2 aromatic heterocycles. The van der Waals surface area contributed by atoms with Gasteiger partial charge in [-0.1, -0.05) is 19.9 Å². The van der Waals surface area contributed by atoms with E-state index in [1.165, 1.54) is 23.0 Å². The molecule has 0 bridgehead atoms. The monoisotopic (exact) mass is 610 g/mol. The molecule has 4 aromatic rings. The van der Waals surface area contributed by atoms with Crippen LogP contribution in [0.25, 0.3) is 22.6 Å². The molecule has 0 aliphatic rings. The average Bonchev–Trinajstić information content (AvgIpc) is 3.51. The van der Waals surface area contributed by atoms with Gasteiger partial charge in [-0.05, 0) is 64.6 Å². The van der Waals surface area contributed by atoms with Crippen LogP contribution in [0.3, 0.4) is 0 Å². The number of nitrogens with zero attached hydrogens (tertiary/aromatic N) is 4. The van der Waals surface area contributed by atoms with E-state index in [0.717, 1.165) is 6.07 Å². The van der Waals surface area contributed by atoms with Gasteiger partial charge in [0.15, 0.2) is 5.76 Å². The van der Waals surface area contributed by atoms with E-state index in [-0.39, 0.29) is 39.8 Å². The van der Waals surface area contributed by atoms with Gasteiger partial charge in [-0.15, -0.1) is 28.2 Å². The van der Waals surface area contributed by atoms with E-state index in [1.807, 2.05) is 0 Å². The first-order valence-corrected chi connectivity index (χ1v) is 12.3. The molecule has 1 unspecified atom stereocenters. The number of fused-ring (bicyclic) bond motifs is 1. The lowest BCUT2D eigenvalue weighted by molar-refractivity contribution is -0.274. The Hall–Kier alpha value is -3.98. The standard InChI is InChI=1S/C24H22BrF3N6O5/c1-12(2)23(36)38-20(11-29-3)34-32-21(31-33-34)19-8-13-4-5-14(9-18(13)37-19)22(35)30-15-6-7-17(16(25)10-15)39-24(26,27)28/h4-10,12,20,29H,11H2,1-3H3,(H,30,35). The van der Waals surface area contributed by atoms with E-state index >= 15 is 0 Å². The van der Waals surface area contributed by atoms with Gasteiger partial charge in [0, 0.05) is 16.6 Å². The number of nitrogens with one attached hydrogen (secondary N) is 2. The zero-order chi connectivity index (χ0) is 28.3. The fraction of sp³-hybridized carbons (Fsp3) is 0.292. The number of ether oxygens (including phenoxy) is 2. The second-order valence-electron chi connectivity index (χ2n) is 8.55. The van der Waals surface area contributed by atoms with Gasteiger partial charge in [0.05, 0.1) is 16.9 Å². The number of anilines is 1. The Morgan fingerprint density at radius 2 is 1.92 bits per heavy atom.